The average molecular weight is 317 g/mol. The third kappa shape index (κ3) is 4.45. The predicted molar refractivity (Wildman–Crippen MR) is 91.8 cm³/mol. The van der Waals surface area contributed by atoms with E-state index >= 15 is 0 Å². The first kappa shape index (κ1) is 16.3. The van der Waals surface area contributed by atoms with Gasteiger partial charge in [-0.2, -0.15) is 0 Å². The van der Waals surface area contributed by atoms with Gasteiger partial charge in [-0.25, -0.2) is 0 Å². The molecule has 126 valence electrons. The molecule has 3 rings (SSSR count). The summed E-state index contributed by atoms with van der Waals surface area (Å²) in [7, 11) is 0. The van der Waals surface area contributed by atoms with Crippen LogP contribution in [0.25, 0.3) is 0 Å². The molecule has 23 heavy (non-hydrogen) atoms. The van der Waals surface area contributed by atoms with Crippen molar-refractivity contribution < 1.29 is 9.53 Å². The molecule has 0 aromatic heterocycles. The fourth-order valence-corrected chi connectivity index (χ4v) is 3.28. The summed E-state index contributed by atoms with van der Waals surface area (Å²) in [5.74, 6) is 0.132. The molecule has 2 saturated heterocycles. The van der Waals surface area contributed by atoms with Crippen molar-refractivity contribution in [2.45, 2.75) is 25.9 Å². The molecule has 1 aromatic carbocycles. The van der Waals surface area contributed by atoms with Crippen LogP contribution < -0.4 is 10.2 Å². The Morgan fingerprint density at radius 3 is 2.65 bits per heavy atom. The van der Waals surface area contributed by atoms with E-state index in [4.69, 9.17) is 4.74 Å². The van der Waals surface area contributed by atoms with Crippen LogP contribution in [0.2, 0.25) is 0 Å². The Morgan fingerprint density at radius 1 is 1.22 bits per heavy atom. The van der Waals surface area contributed by atoms with Crippen LogP contribution in [0.1, 0.15) is 18.4 Å². The van der Waals surface area contributed by atoms with Gasteiger partial charge in [-0.05, 0) is 50.6 Å². The van der Waals surface area contributed by atoms with E-state index in [0.29, 0.717) is 0 Å². The van der Waals surface area contributed by atoms with E-state index in [9.17, 15) is 4.79 Å². The molecule has 0 atom stereocenters. The van der Waals surface area contributed by atoms with Gasteiger partial charge in [0.05, 0.1) is 6.10 Å². The summed E-state index contributed by atoms with van der Waals surface area (Å²) in [4.78, 5) is 16.6. The lowest BCUT2D eigenvalue weighted by atomic mass is 10.1. The zero-order chi connectivity index (χ0) is 16.1. The maximum atomic E-state index is 12.3. The molecular weight excluding hydrogens is 290 g/mol. The summed E-state index contributed by atoms with van der Waals surface area (Å²) in [5, 5.41) is 3.31. The second kappa shape index (κ2) is 7.79. The van der Waals surface area contributed by atoms with Crippen LogP contribution in [0.5, 0.6) is 0 Å². The summed E-state index contributed by atoms with van der Waals surface area (Å²) in [5.41, 5.74) is 2.53. The lowest BCUT2D eigenvalue weighted by Gasteiger charge is -2.36. The van der Waals surface area contributed by atoms with Gasteiger partial charge in [-0.1, -0.05) is 12.1 Å². The van der Waals surface area contributed by atoms with Gasteiger partial charge < -0.3 is 19.9 Å². The quantitative estimate of drug-likeness (QED) is 0.912. The zero-order valence-corrected chi connectivity index (χ0v) is 14.0. The van der Waals surface area contributed by atoms with Crippen molar-refractivity contribution in [2.24, 2.45) is 0 Å². The Morgan fingerprint density at radius 2 is 1.96 bits per heavy atom. The number of nitrogens with zero attached hydrogens (tertiary/aromatic N) is 2. The fraction of sp³-hybridized carbons (Fsp3) is 0.611. The van der Waals surface area contributed by atoms with Crippen molar-refractivity contribution in [3.8, 4) is 0 Å². The van der Waals surface area contributed by atoms with E-state index in [1.54, 1.807) is 0 Å². The van der Waals surface area contributed by atoms with Crippen LogP contribution in [0.3, 0.4) is 0 Å². The van der Waals surface area contributed by atoms with Crippen molar-refractivity contribution in [1.29, 1.82) is 0 Å². The maximum Gasteiger partial charge on any atom is 0.248 e. The van der Waals surface area contributed by atoms with Crippen molar-refractivity contribution in [3.05, 3.63) is 29.8 Å². The second-order valence-corrected chi connectivity index (χ2v) is 6.47. The highest BCUT2D eigenvalue weighted by atomic mass is 16.5. The van der Waals surface area contributed by atoms with E-state index in [0.717, 1.165) is 52.1 Å². The molecule has 0 saturated carbocycles. The van der Waals surface area contributed by atoms with Crippen LogP contribution in [0.4, 0.5) is 5.69 Å². The maximum absolute atomic E-state index is 12.3. The first-order chi connectivity index (χ1) is 11.2. The number of ether oxygens (including phenoxy) is 1. The smallest absolute Gasteiger partial charge is 0.248 e. The number of anilines is 1. The van der Waals surface area contributed by atoms with E-state index < -0.39 is 0 Å². The Labute approximate surface area is 138 Å². The number of hydrogen-bond donors (Lipinski definition) is 1. The number of benzene rings is 1. The van der Waals surface area contributed by atoms with Crippen LogP contribution in [0, 0.1) is 6.92 Å². The van der Waals surface area contributed by atoms with Crippen molar-refractivity contribution >= 4 is 11.6 Å². The highest BCUT2D eigenvalue weighted by Gasteiger charge is 2.22. The molecule has 2 heterocycles. The minimum Gasteiger partial charge on any atom is -0.368 e. The Bertz CT molecular complexity index is 521. The average Bonchev–Trinajstić information content (AvgIpc) is 2.61. The molecule has 1 amide bonds. The molecule has 0 bridgehead atoms. The van der Waals surface area contributed by atoms with Gasteiger partial charge in [0.1, 0.15) is 6.61 Å². The number of carbonyl (C=O) groups excluding carboxylic acids is 1. The normalized spacial score (nSPS) is 19.9. The van der Waals surface area contributed by atoms with Gasteiger partial charge in [0, 0.05) is 31.9 Å². The molecule has 2 aliphatic heterocycles. The summed E-state index contributed by atoms with van der Waals surface area (Å²) in [6.07, 6.45) is 2.26. The van der Waals surface area contributed by atoms with Gasteiger partial charge in [0.25, 0.3) is 0 Å². The first-order valence-electron chi connectivity index (χ1n) is 8.64. The van der Waals surface area contributed by atoms with Crippen LogP contribution in [0.15, 0.2) is 24.3 Å². The molecule has 0 unspecified atom stereocenters. The molecule has 0 radical (unpaired) electrons. The number of carbonyl (C=O) groups is 1. The topological polar surface area (TPSA) is 44.8 Å². The lowest BCUT2D eigenvalue weighted by molar-refractivity contribution is -0.139. The monoisotopic (exact) mass is 317 g/mol. The predicted octanol–water partition coefficient (Wildman–Crippen LogP) is 1.41. The van der Waals surface area contributed by atoms with E-state index in [1.807, 2.05) is 4.90 Å². The summed E-state index contributed by atoms with van der Waals surface area (Å²) >= 11 is 0. The number of piperazine rings is 1. The third-order valence-corrected chi connectivity index (χ3v) is 4.73. The van der Waals surface area contributed by atoms with Crippen molar-refractivity contribution in [2.75, 3.05) is 50.8 Å². The molecule has 5 heteroatoms. The lowest BCUT2D eigenvalue weighted by Crippen LogP contribution is -2.50. The van der Waals surface area contributed by atoms with Gasteiger partial charge in [-0.15, -0.1) is 0 Å². The van der Waals surface area contributed by atoms with Crippen molar-refractivity contribution in [1.82, 2.24) is 10.2 Å². The van der Waals surface area contributed by atoms with Crippen molar-refractivity contribution in [3.63, 3.8) is 0 Å². The number of aryl methyl sites for hydroxylation is 1. The number of piperidine rings is 1. The van der Waals surface area contributed by atoms with E-state index in [-0.39, 0.29) is 18.6 Å². The summed E-state index contributed by atoms with van der Waals surface area (Å²) in [6.45, 7) is 7.67. The molecule has 1 N–H and O–H groups in total. The standard InChI is InChI=1S/C18H27N3O2/c1-15-3-2-4-16(13-15)20-9-11-21(12-10-20)18(22)14-23-17-5-7-19-8-6-17/h2-4,13,17,19H,5-12,14H2,1H3. The van der Waals surface area contributed by atoms with Gasteiger partial charge in [0.15, 0.2) is 0 Å². The highest BCUT2D eigenvalue weighted by Crippen LogP contribution is 2.18. The number of nitrogens with one attached hydrogen (secondary N) is 1. The largest absolute Gasteiger partial charge is 0.368 e. The van der Waals surface area contributed by atoms with Gasteiger partial charge >= 0.3 is 0 Å². The first-order valence-corrected chi connectivity index (χ1v) is 8.64. The molecular formula is C18H27N3O2. The fourth-order valence-electron chi connectivity index (χ4n) is 3.28. The second-order valence-electron chi connectivity index (χ2n) is 6.47. The van der Waals surface area contributed by atoms with E-state index in [1.165, 1.54) is 11.3 Å². The molecule has 2 aliphatic rings. The van der Waals surface area contributed by atoms with Crippen LogP contribution in [-0.2, 0) is 9.53 Å². The Balaban J connectivity index is 1.43. The van der Waals surface area contributed by atoms with Crippen LogP contribution >= 0.6 is 0 Å². The van der Waals surface area contributed by atoms with Crippen LogP contribution in [-0.4, -0.2) is 62.8 Å². The molecule has 0 spiro atoms. The van der Waals surface area contributed by atoms with E-state index in [2.05, 4.69) is 41.4 Å². The highest BCUT2D eigenvalue weighted by molar-refractivity contribution is 5.77. The third-order valence-electron chi connectivity index (χ3n) is 4.73. The number of rotatable bonds is 4. The SMILES string of the molecule is Cc1cccc(N2CCN(C(=O)COC3CCNCC3)CC2)c1. The minimum absolute atomic E-state index is 0.132. The molecule has 1 aromatic rings. The van der Waals surface area contributed by atoms with Gasteiger partial charge in [0.2, 0.25) is 5.91 Å². The summed E-state index contributed by atoms with van der Waals surface area (Å²) < 4.78 is 5.78. The Kier molecular flexibility index (Phi) is 5.51. The number of amides is 1. The molecule has 2 fully saturated rings. The molecule has 5 nitrogen and oxygen atoms in total. The minimum atomic E-state index is 0.132. The van der Waals surface area contributed by atoms with Gasteiger partial charge in [-0.3, -0.25) is 4.79 Å². The molecule has 0 aliphatic carbocycles. The Hall–Kier alpha value is -1.59. The number of hydrogen-bond acceptors (Lipinski definition) is 4. The summed E-state index contributed by atoms with van der Waals surface area (Å²) in [6, 6.07) is 8.55. The zero-order valence-electron chi connectivity index (χ0n) is 14.0.